The van der Waals surface area contributed by atoms with Gasteiger partial charge in [-0.2, -0.15) is 0 Å². The van der Waals surface area contributed by atoms with E-state index in [0.29, 0.717) is 28.4 Å². The first-order chi connectivity index (χ1) is 15.4. The Labute approximate surface area is 185 Å². The molecule has 1 aromatic heterocycles. The molecule has 4 rings (SSSR count). The average molecular weight is 433 g/mol. The zero-order valence-electron chi connectivity index (χ0n) is 18.0. The summed E-state index contributed by atoms with van der Waals surface area (Å²) < 4.78 is 16.2. The van der Waals surface area contributed by atoms with Crippen LogP contribution in [0.25, 0.3) is 5.76 Å². The molecule has 0 saturated carbocycles. The number of Topliss-reactive ketones (excluding diaryl/α,β-unsaturated/α-hetero) is 1. The van der Waals surface area contributed by atoms with Gasteiger partial charge in [0, 0.05) is 17.2 Å². The van der Waals surface area contributed by atoms with Gasteiger partial charge in [-0.05, 0) is 31.2 Å². The Morgan fingerprint density at radius 3 is 2.44 bits per heavy atom. The van der Waals surface area contributed by atoms with E-state index in [2.05, 4.69) is 0 Å². The number of benzene rings is 2. The van der Waals surface area contributed by atoms with Crippen LogP contribution in [0, 0.1) is 6.92 Å². The van der Waals surface area contributed by atoms with Crippen LogP contribution in [-0.4, -0.2) is 35.9 Å². The highest BCUT2D eigenvalue weighted by molar-refractivity contribution is 6.46. The number of ether oxygens (including phenoxy) is 2. The van der Waals surface area contributed by atoms with Crippen molar-refractivity contribution in [2.24, 2.45) is 0 Å². The normalized spacial score (nSPS) is 17.6. The fraction of sp³-hybridized carbons (Fsp3) is 0.200. The molecule has 0 aliphatic carbocycles. The number of amides is 1. The average Bonchev–Trinajstić information content (AvgIpc) is 3.41. The number of ketones is 1. The van der Waals surface area contributed by atoms with E-state index in [1.807, 2.05) is 19.1 Å². The predicted molar refractivity (Wildman–Crippen MR) is 117 cm³/mol. The van der Waals surface area contributed by atoms with E-state index < -0.39 is 17.7 Å². The van der Waals surface area contributed by atoms with Crippen LogP contribution in [0.4, 0.5) is 0 Å². The van der Waals surface area contributed by atoms with Crippen LogP contribution in [0.2, 0.25) is 0 Å². The molecule has 2 aromatic carbocycles. The lowest BCUT2D eigenvalue weighted by Crippen LogP contribution is -2.29. The van der Waals surface area contributed by atoms with Crippen molar-refractivity contribution in [3.05, 3.63) is 88.9 Å². The molecule has 1 aliphatic rings. The van der Waals surface area contributed by atoms with Crippen molar-refractivity contribution in [1.82, 2.24) is 4.90 Å². The zero-order valence-corrected chi connectivity index (χ0v) is 18.0. The van der Waals surface area contributed by atoms with Gasteiger partial charge < -0.3 is 23.9 Å². The quantitative estimate of drug-likeness (QED) is 0.356. The van der Waals surface area contributed by atoms with Crippen molar-refractivity contribution in [2.45, 2.75) is 19.5 Å². The fourth-order valence-electron chi connectivity index (χ4n) is 3.85. The van der Waals surface area contributed by atoms with Crippen LogP contribution >= 0.6 is 0 Å². The first kappa shape index (κ1) is 21.2. The van der Waals surface area contributed by atoms with Crippen molar-refractivity contribution in [3.8, 4) is 11.5 Å². The molecule has 1 amide bonds. The molecular weight excluding hydrogens is 410 g/mol. The Bertz CT molecular complexity index is 1180. The van der Waals surface area contributed by atoms with E-state index in [-0.39, 0.29) is 17.9 Å². The van der Waals surface area contributed by atoms with E-state index in [9.17, 15) is 14.7 Å². The van der Waals surface area contributed by atoms with Crippen molar-refractivity contribution in [3.63, 3.8) is 0 Å². The van der Waals surface area contributed by atoms with Gasteiger partial charge in [0.25, 0.3) is 11.7 Å². The second kappa shape index (κ2) is 8.63. The third-order valence-electron chi connectivity index (χ3n) is 5.51. The van der Waals surface area contributed by atoms with E-state index >= 15 is 0 Å². The van der Waals surface area contributed by atoms with Crippen molar-refractivity contribution in [1.29, 1.82) is 0 Å². The molecule has 0 radical (unpaired) electrons. The second-order valence-electron chi connectivity index (χ2n) is 7.48. The lowest BCUT2D eigenvalue weighted by Gasteiger charge is -2.26. The molecule has 1 fully saturated rings. The highest BCUT2D eigenvalue weighted by atomic mass is 16.5. The summed E-state index contributed by atoms with van der Waals surface area (Å²) in [5, 5.41) is 11.1. The first-order valence-electron chi connectivity index (χ1n) is 10.0. The van der Waals surface area contributed by atoms with E-state index in [0.717, 1.165) is 5.56 Å². The van der Waals surface area contributed by atoms with Crippen LogP contribution in [0.15, 0.2) is 70.9 Å². The maximum absolute atomic E-state index is 13.1. The van der Waals surface area contributed by atoms with Crippen LogP contribution in [0.1, 0.15) is 28.5 Å². The summed E-state index contributed by atoms with van der Waals surface area (Å²) in [4.78, 5) is 27.6. The Hall–Kier alpha value is -4.00. The number of rotatable bonds is 6. The largest absolute Gasteiger partial charge is 0.507 e. The van der Waals surface area contributed by atoms with Gasteiger partial charge in [0.2, 0.25) is 0 Å². The number of hydrogen-bond acceptors (Lipinski definition) is 6. The maximum atomic E-state index is 13.1. The van der Waals surface area contributed by atoms with Crippen molar-refractivity contribution >= 4 is 17.4 Å². The molecule has 1 N–H and O–H groups in total. The van der Waals surface area contributed by atoms with Crippen molar-refractivity contribution in [2.75, 3.05) is 14.2 Å². The van der Waals surface area contributed by atoms with E-state index in [1.54, 1.807) is 42.5 Å². The minimum atomic E-state index is -0.873. The maximum Gasteiger partial charge on any atom is 0.296 e. The van der Waals surface area contributed by atoms with Crippen molar-refractivity contribution < 1.29 is 28.6 Å². The topological polar surface area (TPSA) is 89.2 Å². The molecule has 1 aliphatic heterocycles. The molecule has 0 spiro atoms. The fourth-order valence-corrected chi connectivity index (χ4v) is 3.85. The lowest BCUT2D eigenvalue weighted by atomic mass is 9.94. The van der Waals surface area contributed by atoms with Gasteiger partial charge in [0.15, 0.2) is 0 Å². The number of likely N-dealkylation sites (tertiary alicyclic amines) is 1. The zero-order chi connectivity index (χ0) is 22.8. The predicted octanol–water partition coefficient (Wildman–Crippen LogP) is 4.23. The van der Waals surface area contributed by atoms with Gasteiger partial charge in [-0.25, -0.2) is 0 Å². The van der Waals surface area contributed by atoms with Gasteiger partial charge in [-0.3, -0.25) is 9.59 Å². The molecular formula is C25H23NO6. The number of nitrogens with zero attached hydrogens (tertiary/aromatic N) is 1. The van der Waals surface area contributed by atoms with E-state index in [1.165, 1.54) is 25.4 Å². The number of hydrogen-bond donors (Lipinski definition) is 1. The minimum absolute atomic E-state index is 0.00567. The smallest absolute Gasteiger partial charge is 0.296 e. The van der Waals surface area contributed by atoms with Crippen LogP contribution in [-0.2, 0) is 16.1 Å². The molecule has 32 heavy (non-hydrogen) atoms. The Kier molecular flexibility index (Phi) is 5.73. The molecule has 164 valence electrons. The second-order valence-corrected chi connectivity index (χ2v) is 7.48. The molecule has 0 unspecified atom stereocenters. The lowest BCUT2D eigenvalue weighted by molar-refractivity contribution is -0.140. The van der Waals surface area contributed by atoms with Crippen LogP contribution in [0.3, 0.4) is 0 Å². The molecule has 1 saturated heterocycles. The van der Waals surface area contributed by atoms with Gasteiger partial charge in [0.1, 0.15) is 23.0 Å². The number of carbonyl (C=O) groups excluding carboxylic acids is 2. The number of aliphatic hydroxyl groups excluding tert-OH is 1. The molecule has 7 heteroatoms. The number of aryl methyl sites for hydroxylation is 1. The van der Waals surface area contributed by atoms with Gasteiger partial charge in [0.05, 0.1) is 38.6 Å². The summed E-state index contributed by atoms with van der Waals surface area (Å²) in [5.74, 6) is -0.231. The summed E-state index contributed by atoms with van der Waals surface area (Å²) in [6.07, 6.45) is 1.50. The molecule has 0 bridgehead atoms. The number of furan rings is 1. The van der Waals surface area contributed by atoms with Crippen LogP contribution < -0.4 is 9.47 Å². The highest BCUT2D eigenvalue weighted by Gasteiger charge is 2.47. The third kappa shape index (κ3) is 3.73. The summed E-state index contributed by atoms with van der Waals surface area (Å²) >= 11 is 0. The third-order valence-corrected chi connectivity index (χ3v) is 5.51. The Morgan fingerprint density at radius 1 is 1.06 bits per heavy atom. The monoisotopic (exact) mass is 433 g/mol. The SMILES string of the molecule is COc1ccc([C@@H]2C(=C(O)c3ccc(C)cc3)C(=O)C(=O)N2Cc2ccco2)c(OC)c1. The van der Waals surface area contributed by atoms with Gasteiger partial charge in [-0.1, -0.05) is 29.8 Å². The Balaban J connectivity index is 1.91. The molecule has 1 atom stereocenters. The van der Waals surface area contributed by atoms with Crippen LogP contribution in [0.5, 0.6) is 11.5 Å². The van der Waals surface area contributed by atoms with Gasteiger partial charge >= 0.3 is 0 Å². The van der Waals surface area contributed by atoms with E-state index in [4.69, 9.17) is 13.9 Å². The summed E-state index contributed by atoms with van der Waals surface area (Å²) in [6.45, 7) is 1.98. The van der Waals surface area contributed by atoms with Gasteiger partial charge in [-0.15, -0.1) is 0 Å². The number of aliphatic hydroxyl groups is 1. The first-order valence-corrected chi connectivity index (χ1v) is 10.0. The molecule has 2 heterocycles. The minimum Gasteiger partial charge on any atom is -0.507 e. The molecule has 7 nitrogen and oxygen atoms in total. The summed E-state index contributed by atoms with van der Waals surface area (Å²) in [5.41, 5.74) is 2.00. The highest BCUT2D eigenvalue weighted by Crippen LogP contribution is 2.44. The standard InChI is InChI=1S/C25H23NO6/c1-15-6-8-16(9-7-15)23(27)21-22(19-11-10-17(30-2)13-20(19)31-3)26(25(29)24(21)28)14-18-5-4-12-32-18/h4-13,22,27H,14H2,1-3H3/t22-/m1/s1. The summed E-state index contributed by atoms with van der Waals surface area (Å²) in [7, 11) is 3.03. The summed E-state index contributed by atoms with van der Waals surface area (Å²) in [6, 6.07) is 14.8. The number of carbonyl (C=O) groups is 2. The number of methoxy groups -OCH3 is 2. The molecule has 3 aromatic rings. The Morgan fingerprint density at radius 2 is 1.81 bits per heavy atom.